The van der Waals surface area contributed by atoms with Gasteiger partial charge in [0.05, 0.1) is 52.9 Å². The van der Waals surface area contributed by atoms with E-state index in [2.05, 4.69) is 5.32 Å². The summed E-state index contributed by atoms with van der Waals surface area (Å²) in [4.78, 5) is 24.0. The standard InChI is InChI=1S/C53H65F3N2O17/c1-32(59)58-40-43(62)46(39(31-68-27-35-19-10-4-11-20-35)73-49(40)69-24-14-23-57-52(65)53(54,55)56)74-50-45(64)47(42(61)38(71-50)30-67-26-34-17-8-3-9-18-34)75-51-48(70-28-36-21-12-5-13-22-36)44(63)41(60)37(72-51)29-66-25-33-15-6-2-7-16-33/h2-13,15-22,37-51,60-64H,14,23-31H2,1H3,(H,57,65)(H,58,59)/t37?,38?,39?,40-,41-,42-,43?,44?,45-,46+,47?,48-,49+,50-,51-/m0/s1. The first-order valence-electron chi connectivity index (χ1n) is 24.6. The number of halogens is 3. The van der Waals surface area contributed by atoms with Crippen molar-refractivity contribution in [1.82, 2.24) is 10.6 Å². The van der Waals surface area contributed by atoms with Crippen molar-refractivity contribution in [3.8, 4) is 0 Å². The summed E-state index contributed by atoms with van der Waals surface area (Å²) >= 11 is 0. The molecule has 3 aliphatic rings. The Morgan fingerprint density at radius 2 is 0.973 bits per heavy atom. The minimum atomic E-state index is -5.10. The van der Waals surface area contributed by atoms with Gasteiger partial charge in [-0.1, -0.05) is 121 Å². The van der Waals surface area contributed by atoms with Crippen molar-refractivity contribution >= 4 is 11.8 Å². The molecule has 19 nitrogen and oxygen atoms in total. The maximum Gasteiger partial charge on any atom is 0.471 e. The summed E-state index contributed by atoms with van der Waals surface area (Å²) in [6.07, 6.45) is -27.1. The van der Waals surface area contributed by atoms with E-state index in [-0.39, 0.29) is 59.3 Å². The smallest absolute Gasteiger partial charge is 0.388 e. The summed E-state index contributed by atoms with van der Waals surface area (Å²) in [6.45, 7) is -0.188. The van der Waals surface area contributed by atoms with E-state index in [1.54, 1.807) is 41.7 Å². The van der Waals surface area contributed by atoms with E-state index in [9.17, 15) is 48.3 Å². The van der Waals surface area contributed by atoms with Crippen LogP contribution in [-0.2, 0) is 83.4 Å². The van der Waals surface area contributed by atoms with Gasteiger partial charge in [-0.25, -0.2) is 0 Å². The van der Waals surface area contributed by atoms with E-state index in [4.69, 9.17) is 47.4 Å². The second kappa shape index (κ2) is 28.4. The normalized spacial score (nSPS) is 30.1. The lowest BCUT2D eigenvalue weighted by molar-refractivity contribution is -0.379. The van der Waals surface area contributed by atoms with Crippen molar-refractivity contribution in [3.05, 3.63) is 144 Å². The predicted octanol–water partition coefficient (Wildman–Crippen LogP) is 2.56. The van der Waals surface area contributed by atoms with Gasteiger partial charge in [0.2, 0.25) is 5.91 Å². The maximum absolute atomic E-state index is 12.8. The molecule has 3 saturated heterocycles. The van der Waals surface area contributed by atoms with E-state index in [0.717, 1.165) is 16.7 Å². The zero-order valence-electron chi connectivity index (χ0n) is 41.0. The molecular weight excluding hydrogens is 994 g/mol. The first kappa shape index (κ1) is 57.7. The van der Waals surface area contributed by atoms with Crippen LogP contribution in [0.15, 0.2) is 121 Å². The highest BCUT2D eigenvalue weighted by Gasteiger charge is 2.55. The third-order valence-electron chi connectivity index (χ3n) is 12.5. The van der Waals surface area contributed by atoms with Crippen LogP contribution in [0.2, 0.25) is 0 Å². The Labute approximate surface area is 431 Å². The molecule has 75 heavy (non-hydrogen) atoms. The van der Waals surface area contributed by atoms with E-state index in [1.807, 2.05) is 84.9 Å². The Balaban J connectivity index is 1.15. The molecule has 0 radical (unpaired) electrons. The number of hydrogen-bond acceptors (Lipinski definition) is 17. The fraction of sp³-hybridized carbons (Fsp3) is 0.509. The number of carbonyl (C=O) groups is 2. The topological polar surface area (TPSA) is 252 Å². The molecule has 0 spiro atoms. The van der Waals surface area contributed by atoms with Gasteiger partial charge in [0, 0.05) is 13.5 Å². The summed E-state index contributed by atoms with van der Waals surface area (Å²) in [5.74, 6) is -2.77. The monoisotopic (exact) mass is 1060 g/mol. The van der Waals surface area contributed by atoms with Crippen molar-refractivity contribution in [2.24, 2.45) is 0 Å². The van der Waals surface area contributed by atoms with Crippen molar-refractivity contribution in [1.29, 1.82) is 0 Å². The second-order valence-corrected chi connectivity index (χ2v) is 18.3. The number of aliphatic hydroxyl groups is 5. The Kier molecular flexibility index (Phi) is 21.9. The minimum absolute atomic E-state index is 0.0578. The first-order valence-corrected chi connectivity index (χ1v) is 24.6. The van der Waals surface area contributed by atoms with Crippen LogP contribution in [0.4, 0.5) is 13.2 Å². The van der Waals surface area contributed by atoms with Crippen molar-refractivity contribution in [2.75, 3.05) is 33.0 Å². The van der Waals surface area contributed by atoms with Gasteiger partial charge in [-0.2, -0.15) is 13.2 Å². The van der Waals surface area contributed by atoms with Crippen LogP contribution in [0.1, 0.15) is 35.6 Å². The maximum atomic E-state index is 12.8. The van der Waals surface area contributed by atoms with Crippen molar-refractivity contribution < 1.29 is 95.7 Å². The van der Waals surface area contributed by atoms with E-state index < -0.39 is 117 Å². The number of carbonyl (C=O) groups excluding carboxylic acids is 2. The van der Waals surface area contributed by atoms with Crippen LogP contribution < -0.4 is 10.6 Å². The third kappa shape index (κ3) is 16.8. The minimum Gasteiger partial charge on any atom is -0.388 e. The molecule has 4 aromatic carbocycles. The number of hydrogen-bond donors (Lipinski definition) is 7. The zero-order valence-corrected chi connectivity index (χ0v) is 41.0. The molecule has 0 aromatic heterocycles. The average Bonchev–Trinajstić information content (AvgIpc) is 3.40. The van der Waals surface area contributed by atoms with Crippen LogP contribution >= 0.6 is 0 Å². The second-order valence-electron chi connectivity index (χ2n) is 18.3. The zero-order chi connectivity index (χ0) is 53.3. The molecule has 7 N–H and O–H groups in total. The van der Waals surface area contributed by atoms with E-state index in [0.29, 0.717) is 5.56 Å². The highest BCUT2D eigenvalue weighted by atomic mass is 19.4. The third-order valence-corrected chi connectivity index (χ3v) is 12.5. The molecule has 4 aromatic rings. The number of ether oxygens (including phenoxy) is 10. The number of alkyl halides is 3. The molecule has 0 saturated carbocycles. The van der Waals surface area contributed by atoms with Crippen LogP contribution in [0.25, 0.3) is 0 Å². The highest BCUT2D eigenvalue weighted by Crippen LogP contribution is 2.35. The molecule has 3 heterocycles. The van der Waals surface area contributed by atoms with Gasteiger partial charge in [-0.15, -0.1) is 0 Å². The van der Waals surface area contributed by atoms with Crippen LogP contribution in [-0.4, -0.2) is 169 Å². The van der Waals surface area contributed by atoms with Crippen molar-refractivity contribution in [3.63, 3.8) is 0 Å². The summed E-state index contributed by atoms with van der Waals surface area (Å²) in [5, 5.41) is 63.9. The summed E-state index contributed by atoms with van der Waals surface area (Å²) in [7, 11) is 0. The van der Waals surface area contributed by atoms with Gasteiger partial charge in [0.15, 0.2) is 18.9 Å². The molecule has 3 aliphatic heterocycles. The summed E-state index contributed by atoms with van der Waals surface area (Å²) < 4.78 is 100. The van der Waals surface area contributed by atoms with Crippen molar-refractivity contribution in [2.45, 2.75) is 138 Å². The Morgan fingerprint density at radius 3 is 1.48 bits per heavy atom. The molecule has 0 aliphatic carbocycles. The summed E-state index contributed by atoms with van der Waals surface area (Å²) in [5.41, 5.74) is 3.10. The average molecular weight is 1060 g/mol. The Bertz CT molecular complexity index is 2300. The summed E-state index contributed by atoms with van der Waals surface area (Å²) in [6, 6.07) is 35.0. The molecule has 7 rings (SSSR count). The number of aliphatic hydroxyl groups excluding tert-OH is 5. The lowest BCUT2D eigenvalue weighted by Gasteiger charge is -2.49. The molecule has 22 heteroatoms. The van der Waals surface area contributed by atoms with Crippen LogP contribution in [0.3, 0.4) is 0 Å². The molecular formula is C53H65F3N2O17. The van der Waals surface area contributed by atoms with E-state index in [1.165, 1.54) is 6.92 Å². The van der Waals surface area contributed by atoms with E-state index >= 15 is 0 Å². The van der Waals surface area contributed by atoms with Gasteiger partial charge in [0.25, 0.3) is 0 Å². The molecule has 0 bridgehead atoms. The number of amides is 2. The predicted molar refractivity (Wildman–Crippen MR) is 256 cm³/mol. The van der Waals surface area contributed by atoms with Gasteiger partial charge in [-0.3, -0.25) is 9.59 Å². The fourth-order valence-corrected chi connectivity index (χ4v) is 8.65. The Hall–Kier alpha value is -4.99. The molecule has 3 fully saturated rings. The Morgan fingerprint density at radius 1 is 0.520 bits per heavy atom. The van der Waals surface area contributed by atoms with Gasteiger partial charge < -0.3 is 83.5 Å². The van der Waals surface area contributed by atoms with Gasteiger partial charge >= 0.3 is 12.1 Å². The number of rotatable bonds is 25. The largest absolute Gasteiger partial charge is 0.471 e. The lowest BCUT2D eigenvalue weighted by Crippen LogP contribution is -2.68. The SMILES string of the molecule is CC(=O)N[C@H]1C(O)[C@H](O[C@@H]2OC(COCc3ccccc3)[C@H](O)C(O[C@@H]3OC(COCc4ccccc4)[C@H](O)C(O)[C@@H]3OCc3ccccc3)[C@@H]2O)C(COCc2ccccc2)O[C@H]1OCCCNC(=O)C(F)(F)F. The van der Waals surface area contributed by atoms with Crippen LogP contribution in [0, 0.1) is 0 Å². The molecule has 2 amide bonds. The molecule has 6 unspecified atom stereocenters. The fourth-order valence-electron chi connectivity index (χ4n) is 8.65. The number of nitrogens with one attached hydrogen (secondary N) is 2. The lowest BCUT2D eigenvalue weighted by atomic mass is 9.95. The first-order chi connectivity index (χ1) is 36.2. The molecule has 15 atom stereocenters. The number of benzene rings is 4. The van der Waals surface area contributed by atoms with Gasteiger partial charge in [0.1, 0.15) is 73.2 Å². The highest BCUT2D eigenvalue weighted by molar-refractivity contribution is 5.81. The van der Waals surface area contributed by atoms with Crippen LogP contribution in [0.5, 0.6) is 0 Å². The quantitative estimate of drug-likeness (QED) is 0.0471. The van der Waals surface area contributed by atoms with Gasteiger partial charge in [-0.05, 0) is 28.7 Å². The molecule has 410 valence electrons.